The van der Waals surface area contributed by atoms with E-state index in [0.717, 1.165) is 39.1 Å². The van der Waals surface area contributed by atoms with Crippen LogP contribution in [0.3, 0.4) is 0 Å². The SMILES string of the molecule is Cc1cc(C)c([C@H](C)NS(=O)(=O)c2ccc3c(c2)sc(=O)n3Cc2ccccc2)cc1C. The molecule has 0 saturated carbocycles. The Balaban J connectivity index is 1.64. The third-order valence-electron chi connectivity index (χ3n) is 5.81. The van der Waals surface area contributed by atoms with Crippen LogP contribution < -0.4 is 9.60 Å². The Hall–Kier alpha value is -2.74. The molecule has 166 valence electrons. The molecule has 0 saturated heterocycles. The fraction of sp³-hybridized carbons (Fsp3) is 0.240. The second-order valence-corrected chi connectivity index (χ2v) is 10.9. The predicted octanol–water partition coefficient (Wildman–Crippen LogP) is 5.08. The number of rotatable bonds is 6. The molecule has 1 N–H and O–H groups in total. The fourth-order valence-electron chi connectivity index (χ4n) is 3.94. The van der Waals surface area contributed by atoms with E-state index >= 15 is 0 Å². The Morgan fingerprint density at radius 2 is 1.62 bits per heavy atom. The van der Waals surface area contributed by atoms with Crippen molar-refractivity contribution in [2.45, 2.75) is 45.2 Å². The molecule has 0 aliphatic heterocycles. The van der Waals surface area contributed by atoms with Gasteiger partial charge in [0.1, 0.15) is 0 Å². The van der Waals surface area contributed by atoms with Crippen LogP contribution in [0.25, 0.3) is 10.2 Å². The molecule has 0 fully saturated rings. The van der Waals surface area contributed by atoms with Crippen LogP contribution in [0, 0.1) is 20.8 Å². The van der Waals surface area contributed by atoms with E-state index in [1.54, 1.807) is 22.8 Å². The molecule has 1 aromatic heterocycles. The van der Waals surface area contributed by atoms with Gasteiger partial charge in [0.15, 0.2) is 0 Å². The summed E-state index contributed by atoms with van der Waals surface area (Å²) in [6.07, 6.45) is 0. The standard InChI is InChI=1S/C25H26N2O3S2/c1-16-12-18(3)22(13-17(16)2)19(4)26-32(29,30)21-10-11-23-24(14-21)31-25(28)27(23)15-20-8-6-5-7-9-20/h5-14,19,26H,15H2,1-4H3/t19-/m0/s1. The zero-order valence-corrected chi connectivity index (χ0v) is 20.2. The van der Waals surface area contributed by atoms with Crippen LogP contribution in [0.4, 0.5) is 0 Å². The van der Waals surface area contributed by atoms with Crippen molar-refractivity contribution in [2.24, 2.45) is 0 Å². The smallest absolute Gasteiger partial charge is 0.294 e. The fourth-order valence-corrected chi connectivity index (χ4v) is 6.20. The number of benzene rings is 3. The van der Waals surface area contributed by atoms with Gasteiger partial charge in [-0.3, -0.25) is 9.36 Å². The maximum absolute atomic E-state index is 13.1. The Morgan fingerprint density at radius 3 is 2.34 bits per heavy atom. The van der Waals surface area contributed by atoms with Crippen LogP contribution in [-0.2, 0) is 16.6 Å². The number of nitrogens with one attached hydrogen (secondary N) is 1. The van der Waals surface area contributed by atoms with E-state index in [0.29, 0.717) is 11.2 Å². The quantitative estimate of drug-likeness (QED) is 0.431. The molecular weight excluding hydrogens is 440 g/mol. The van der Waals surface area contributed by atoms with Gasteiger partial charge in [0.2, 0.25) is 10.0 Å². The lowest BCUT2D eigenvalue weighted by Gasteiger charge is -2.18. The van der Waals surface area contributed by atoms with Crippen molar-refractivity contribution in [3.63, 3.8) is 0 Å². The van der Waals surface area contributed by atoms with E-state index in [1.807, 2.05) is 64.1 Å². The first-order valence-corrected chi connectivity index (χ1v) is 12.7. The number of fused-ring (bicyclic) bond motifs is 1. The summed E-state index contributed by atoms with van der Waals surface area (Å²) >= 11 is 1.06. The lowest BCUT2D eigenvalue weighted by Crippen LogP contribution is -2.27. The van der Waals surface area contributed by atoms with Gasteiger partial charge in [-0.05, 0) is 73.7 Å². The molecule has 0 bridgehead atoms. The molecule has 0 unspecified atom stereocenters. The summed E-state index contributed by atoms with van der Waals surface area (Å²) in [6.45, 7) is 8.36. The highest BCUT2D eigenvalue weighted by molar-refractivity contribution is 7.89. The first-order valence-electron chi connectivity index (χ1n) is 10.4. The van der Waals surface area contributed by atoms with Crippen LogP contribution in [0.1, 0.15) is 40.8 Å². The second-order valence-electron chi connectivity index (χ2n) is 8.21. The van der Waals surface area contributed by atoms with Crippen molar-refractivity contribution >= 4 is 31.6 Å². The van der Waals surface area contributed by atoms with Gasteiger partial charge in [0.05, 0.1) is 21.7 Å². The first kappa shape index (κ1) is 22.5. The van der Waals surface area contributed by atoms with Crippen molar-refractivity contribution < 1.29 is 8.42 Å². The average Bonchev–Trinajstić information content (AvgIpc) is 3.05. The summed E-state index contributed by atoms with van der Waals surface area (Å²) in [6, 6.07) is 18.3. The average molecular weight is 467 g/mol. The summed E-state index contributed by atoms with van der Waals surface area (Å²) in [7, 11) is -3.76. The minimum Gasteiger partial charge on any atom is -0.294 e. The molecule has 7 heteroatoms. The monoisotopic (exact) mass is 466 g/mol. The van der Waals surface area contributed by atoms with Gasteiger partial charge in [-0.25, -0.2) is 13.1 Å². The Kier molecular flexibility index (Phi) is 6.07. The highest BCUT2D eigenvalue weighted by Gasteiger charge is 2.21. The number of sulfonamides is 1. The zero-order chi connectivity index (χ0) is 23.0. The van der Waals surface area contributed by atoms with E-state index < -0.39 is 10.0 Å². The van der Waals surface area contributed by atoms with Crippen molar-refractivity contribution in [3.8, 4) is 0 Å². The Labute approximate surface area is 192 Å². The molecule has 1 heterocycles. The molecule has 0 spiro atoms. The molecule has 1 atom stereocenters. The van der Waals surface area contributed by atoms with Gasteiger partial charge < -0.3 is 0 Å². The predicted molar refractivity (Wildman–Crippen MR) is 131 cm³/mol. The molecule has 0 aliphatic carbocycles. The van der Waals surface area contributed by atoms with Crippen molar-refractivity contribution in [1.82, 2.24) is 9.29 Å². The van der Waals surface area contributed by atoms with Gasteiger partial charge in [0.25, 0.3) is 0 Å². The van der Waals surface area contributed by atoms with Crippen LogP contribution in [0.5, 0.6) is 0 Å². The van der Waals surface area contributed by atoms with Crippen LogP contribution >= 0.6 is 11.3 Å². The number of nitrogens with zero attached hydrogens (tertiary/aromatic N) is 1. The van der Waals surface area contributed by atoms with E-state index in [4.69, 9.17) is 0 Å². The third-order valence-corrected chi connectivity index (χ3v) is 8.29. The summed E-state index contributed by atoms with van der Waals surface area (Å²) in [4.78, 5) is 12.6. The number of aromatic nitrogens is 1. The first-order chi connectivity index (χ1) is 15.2. The van der Waals surface area contributed by atoms with Gasteiger partial charge in [-0.2, -0.15) is 0 Å². The molecule has 32 heavy (non-hydrogen) atoms. The van der Waals surface area contributed by atoms with Gasteiger partial charge in [-0.15, -0.1) is 0 Å². The Bertz CT molecular complexity index is 1450. The van der Waals surface area contributed by atoms with Crippen LogP contribution in [-0.4, -0.2) is 13.0 Å². The minimum absolute atomic E-state index is 0.106. The Morgan fingerprint density at radius 1 is 0.938 bits per heavy atom. The lowest BCUT2D eigenvalue weighted by atomic mass is 9.97. The van der Waals surface area contributed by atoms with E-state index in [1.165, 1.54) is 5.56 Å². The normalized spacial score (nSPS) is 12.9. The molecule has 0 amide bonds. The number of hydrogen-bond donors (Lipinski definition) is 1. The molecule has 4 rings (SSSR count). The molecular formula is C25H26N2O3S2. The maximum Gasteiger partial charge on any atom is 0.308 e. The molecule has 3 aromatic carbocycles. The van der Waals surface area contributed by atoms with E-state index in [-0.39, 0.29) is 15.8 Å². The van der Waals surface area contributed by atoms with Crippen molar-refractivity contribution in [3.05, 3.63) is 98.1 Å². The summed E-state index contributed by atoms with van der Waals surface area (Å²) < 4.78 is 31.4. The van der Waals surface area contributed by atoms with Gasteiger partial charge >= 0.3 is 4.87 Å². The van der Waals surface area contributed by atoms with Crippen LogP contribution in [0.2, 0.25) is 0 Å². The van der Waals surface area contributed by atoms with Crippen molar-refractivity contribution in [2.75, 3.05) is 0 Å². The minimum atomic E-state index is -3.76. The second kappa shape index (κ2) is 8.65. The van der Waals surface area contributed by atoms with Crippen LogP contribution in [0.15, 0.2) is 70.4 Å². The highest BCUT2D eigenvalue weighted by atomic mass is 32.2. The third kappa shape index (κ3) is 4.41. The number of thiazole rings is 1. The van der Waals surface area contributed by atoms with E-state index in [2.05, 4.69) is 10.8 Å². The largest absolute Gasteiger partial charge is 0.308 e. The van der Waals surface area contributed by atoms with Gasteiger partial charge in [0, 0.05) is 6.04 Å². The molecule has 0 radical (unpaired) electrons. The maximum atomic E-state index is 13.1. The number of aryl methyl sites for hydroxylation is 3. The highest BCUT2D eigenvalue weighted by Crippen LogP contribution is 2.26. The molecule has 0 aliphatic rings. The molecule has 5 nitrogen and oxygen atoms in total. The van der Waals surface area contributed by atoms with E-state index in [9.17, 15) is 13.2 Å². The summed E-state index contributed by atoms with van der Waals surface area (Å²) in [5.41, 5.74) is 6.07. The summed E-state index contributed by atoms with van der Waals surface area (Å²) in [5.74, 6) is 0. The van der Waals surface area contributed by atoms with Crippen molar-refractivity contribution in [1.29, 1.82) is 0 Å². The summed E-state index contributed by atoms with van der Waals surface area (Å²) in [5, 5.41) is 0. The zero-order valence-electron chi connectivity index (χ0n) is 18.5. The lowest BCUT2D eigenvalue weighted by molar-refractivity contribution is 0.566. The van der Waals surface area contributed by atoms with Gasteiger partial charge in [-0.1, -0.05) is 53.8 Å². The molecule has 4 aromatic rings. The topological polar surface area (TPSA) is 68.2 Å². The number of hydrogen-bond acceptors (Lipinski definition) is 4.